The van der Waals surface area contributed by atoms with Gasteiger partial charge in [-0.25, -0.2) is 0 Å². The third-order valence-electron chi connectivity index (χ3n) is 1.96. The number of nitrogens with one attached hydrogen (secondary N) is 2. The van der Waals surface area contributed by atoms with Gasteiger partial charge in [-0.3, -0.25) is 9.59 Å². The second kappa shape index (κ2) is 5.16. The fourth-order valence-electron chi connectivity index (χ4n) is 1.16. The SMILES string of the molecule is CC(=O)Nc1ccc(NC(C)C(=O)O)cc1. The minimum atomic E-state index is -0.911. The molecule has 0 heterocycles. The highest BCUT2D eigenvalue weighted by molar-refractivity contribution is 5.88. The number of carbonyl (C=O) groups excluding carboxylic acids is 1. The van der Waals surface area contributed by atoms with Crippen LogP contribution >= 0.6 is 0 Å². The Morgan fingerprint density at radius 2 is 1.69 bits per heavy atom. The van der Waals surface area contributed by atoms with Crippen LogP contribution < -0.4 is 10.6 Å². The quantitative estimate of drug-likeness (QED) is 0.721. The van der Waals surface area contributed by atoms with Gasteiger partial charge in [0.1, 0.15) is 6.04 Å². The van der Waals surface area contributed by atoms with Crippen molar-refractivity contribution in [1.29, 1.82) is 0 Å². The van der Waals surface area contributed by atoms with Crippen molar-refractivity contribution < 1.29 is 14.7 Å². The van der Waals surface area contributed by atoms with Crippen LogP contribution in [0.4, 0.5) is 11.4 Å². The fourth-order valence-corrected chi connectivity index (χ4v) is 1.16. The highest BCUT2D eigenvalue weighted by Crippen LogP contribution is 2.14. The minimum Gasteiger partial charge on any atom is -0.480 e. The van der Waals surface area contributed by atoms with E-state index >= 15 is 0 Å². The first-order chi connectivity index (χ1) is 7.49. The Morgan fingerprint density at radius 3 is 2.12 bits per heavy atom. The summed E-state index contributed by atoms with van der Waals surface area (Å²) < 4.78 is 0. The lowest BCUT2D eigenvalue weighted by Crippen LogP contribution is -2.25. The zero-order valence-electron chi connectivity index (χ0n) is 9.15. The summed E-state index contributed by atoms with van der Waals surface area (Å²) in [6.45, 7) is 2.99. The summed E-state index contributed by atoms with van der Waals surface area (Å²) in [5.41, 5.74) is 1.38. The number of rotatable bonds is 4. The molecule has 0 bridgehead atoms. The number of hydrogen-bond donors (Lipinski definition) is 3. The predicted molar refractivity (Wildman–Crippen MR) is 61.5 cm³/mol. The summed E-state index contributed by atoms with van der Waals surface area (Å²) in [5, 5.41) is 14.1. The second-order valence-electron chi connectivity index (χ2n) is 3.46. The third kappa shape index (κ3) is 3.61. The van der Waals surface area contributed by atoms with E-state index in [1.807, 2.05) is 0 Å². The van der Waals surface area contributed by atoms with Crippen LogP contribution in [0, 0.1) is 0 Å². The zero-order valence-corrected chi connectivity index (χ0v) is 9.15. The molecule has 0 spiro atoms. The Kier molecular flexibility index (Phi) is 3.88. The normalized spacial score (nSPS) is 11.6. The first-order valence-corrected chi connectivity index (χ1v) is 4.86. The van der Waals surface area contributed by atoms with Gasteiger partial charge >= 0.3 is 5.97 Å². The van der Waals surface area contributed by atoms with Gasteiger partial charge in [0.05, 0.1) is 0 Å². The first kappa shape index (κ1) is 12.0. The van der Waals surface area contributed by atoms with Gasteiger partial charge < -0.3 is 15.7 Å². The summed E-state index contributed by atoms with van der Waals surface area (Å²) in [7, 11) is 0. The maximum absolute atomic E-state index is 10.8. The van der Waals surface area contributed by atoms with Crippen LogP contribution in [-0.2, 0) is 9.59 Å². The summed E-state index contributed by atoms with van der Waals surface area (Å²) in [4.78, 5) is 21.4. The third-order valence-corrected chi connectivity index (χ3v) is 1.96. The van der Waals surface area contributed by atoms with E-state index in [0.29, 0.717) is 11.4 Å². The van der Waals surface area contributed by atoms with E-state index in [4.69, 9.17) is 5.11 Å². The van der Waals surface area contributed by atoms with Gasteiger partial charge in [0.15, 0.2) is 0 Å². The molecule has 0 aliphatic carbocycles. The van der Waals surface area contributed by atoms with Gasteiger partial charge in [0, 0.05) is 18.3 Å². The molecule has 1 aromatic carbocycles. The minimum absolute atomic E-state index is 0.139. The molecule has 5 nitrogen and oxygen atoms in total. The predicted octanol–water partition coefficient (Wildman–Crippen LogP) is 1.53. The number of anilines is 2. The highest BCUT2D eigenvalue weighted by Gasteiger charge is 2.09. The van der Waals surface area contributed by atoms with Crippen molar-refractivity contribution in [2.75, 3.05) is 10.6 Å². The summed E-state index contributed by atoms with van der Waals surface area (Å²) in [6.07, 6.45) is 0. The van der Waals surface area contributed by atoms with Gasteiger partial charge in [-0.1, -0.05) is 0 Å². The van der Waals surface area contributed by atoms with Crippen molar-refractivity contribution >= 4 is 23.3 Å². The summed E-state index contributed by atoms with van der Waals surface area (Å²) in [6, 6.07) is 6.19. The van der Waals surface area contributed by atoms with Crippen molar-refractivity contribution in [2.45, 2.75) is 19.9 Å². The van der Waals surface area contributed by atoms with Crippen LogP contribution in [0.25, 0.3) is 0 Å². The van der Waals surface area contributed by atoms with Gasteiger partial charge in [-0.2, -0.15) is 0 Å². The van der Waals surface area contributed by atoms with E-state index < -0.39 is 12.0 Å². The first-order valence-electron chi connectivity index (χ1n) is 4.86. The summed E-state index contributed by atoms with van der Waals surface area (Å²) >= 11 is 0. The Balaban J connectivity index is 2.64. The summed E-state index contributed by atoms with van der Waals surface area (Å²) in [5.74, 6) is -1.05. The van der Waals surface area contributed by atoms with Crippen LogP contribution in [0.5, 0.6) is 0 Å². The van der Waals surface area contributed by atoms with Crippen molar-refractivity contribution in [3.63, 3.8) is 0 Å². The maximum Gasteiger partial charge on any atom is 0.325 e. The average molecular weight is 222 g/mol. The van der Waals surface area contributed by atoms with Gasteiger partial charge in [0.25, 0.3) is 0 Å². The number of aliphatic carboxylic acids is 1. The number of carbonyl (C=O) groups is 2. The van der Waals surface area contributed by atoms with Crippen molar-refractivity contribution in [3.8, 4) is 0 Å². The van der Waals surface area contributed by atoms with E-state index in [0.717, 1.165) is 0 Å². The monoisotopic (exact) mass is 222 g/mol. The van der Waals surface area contributed by atoms with Crippen molar-refractivity contribution in [2.24, 2.45) is 0 Å². The molecule has 0 radical (unpaired) electrons. The number of carboxylic acids is 1. The van der Waals surface area contributed by atoms with E-state index in [9.17, 15) is 9.59 Å². The van der Waals surface area contributed by atoms with E-state index in [1.54, 1.807) is 31.2 Å². The lowest BCUT2D eigenvalue weighted by Gasteiger charge is -2.11. The van der Waals surface area contributed by atoms with Crippen LogP contribution in [-0.4, -0.2) is 23.0 Å². The molecule has 1 aromatic rings. The lowest BCUT2D eigenvalue weighted by molar-refractivity contribution is -0.137. The van der Waals surface area contributed by atoms with Gasteiger partial charge in [-0.15, -0.1) is 0 Å². The highest BCUT2D eigenvalue weighted by atomic mass is 16.4. The van der Waals surface area contributed by atoms with E-state index in [-0.39, 0.29) is 5.91 Å². The fraction of sp³-hybridized carbons (Fsp3) is 0.273. The molecule has 1 rings (SSSR count). The molecule has 1 unspecified atom stereocenters. The average Bonchev–Trinajstić information content (AvgIpc) is 2.20. The van der Waals surface area contributed by atoms with Crippen molar-refractivity contribution in [3.05, 3.63) is 24.3 Å². The van der Waals surface area contributed by atoms with Crippen LogP contribution in [0.15, 0.2) is 24.3 Å². The van der Waals surface area contributed by atoms with Crippen molar-refractivity contribution in [1.82, 2.24) is 0 Å². The molecule has 1 amide bonds. The molecule has 86 valence electrons. The second-order valence-corrected chi connectivity index (χ2v) is 3.46. The molecule has 5 heteroatoms. The van der Waals surface area contributed by atoms with Crippen LogP contribution in [0.1, 0.15) is 13.8 Å². The molecule has 0 saturated heterocycles. The molecule has 0 aliphatic rings. The lowest BCUT2D eigenvalue weighted by atomic mass is 10.2. The zero-order chi connectivity index (χ0) is 12.1. The molecule has 0 aliphatic heterocycles. The maximum atomic E-state index is 10.8. The van der Waals surface area contributed by atoms with Gasteiger partial charge in [-0.05, 0) is 31.2 Å². The smallest absolute Gasteiger partial charge is 0.325 e. The van der Waals surface area contributed by atoms with E-state index in [2.05, 4.69) is 10.6 Å². The molecule has 3 N–H and O–H groups in total. The van der Waals surface area contributed by atoms with Gasteiger partial charge in [0.2, 0.25) is 5.91 Å². The Labute approximate surface area is 93.5 Å². The molecule has 16 heavy (non-hydrogen) atoms. The number of amides is 1. The molecule has 0 fully saturated rings. The van der Waals surface area contributed by atoms with E-state index in [1.165, 1.54) is 6.92 Å². The molecule has 0 saturated carbocycles. The Bertz CT molecular complexity index is 387. The Hall–Kier alpha value is -2.04. The molecular weight excluding hydrogens is 208 g/mol. The topological polar surface area (TPSA) is 78.4 Å². The standard InChI is InChI=1S/C11H14N2O3/c1-7(11(15)16)12-9-3-5-10(6-4-9)13-8(2)14/h3-7,12H,1-2H3,(H,13,14)(H,15,16). The molecule has 0 aromatic heterocycles. The largest absolute Gasteiger partial charge is 0.480 e. The van der Waals surface area contributed by atoms with Crippen LogP contribution in [0.3, 0.4) is 0 Å². The number of benzene rings is 1. The molecule has 1 atom stereocenters. The number of carboxylic acid groups (broad SMARTS) is 1. The number of hydrogen-bond acceptors (Lipinski definition) is 3. The molecular formula is C11H14N2O3. The van der Waals surface area contributed by atoms with Crippen LogP contribution in [0.2, 0.25) is 0 Å². The Morgan fingerprint density at radius 1 is 1.19 bits per heavy atom.